The van der Waals surface area contributed by atoms with Gasteiger partial charge in [0.1, 0.15) is 5.82 Å². The van der Waals surface area contributed by atoms with Crippen molar-refractivity contribution in [3.8, 4) is 0 Å². The minimum absolute atomic E-state index is 0.390. The highest BCUT2D eigenvalue weighted by molar-refractivity contribution is 7.89. The molecule has 1 unspecified atom stereocenters. The van der Waals surface area contributed by atoms with E-state index in [1.807, 2.05) is 0 Å². The van der Waals surface area contributed by atoms with Crippen LogP contribution in [0.4, 0.5) is 10.1 Å². The van der Waals surface area contributed by atoms with Crippen LogP contribution in [0.15, 0.2) is 35.5 Å². The Morgan fingerprint density at radius 3 is 2.71 bits per heavy atom. The van der Waals surface area contributed by atoms with Crippen LogP contribution in [0, 0.1) is 15.9 Å². The van der Waals surface area contributed by atoms with E-state index in [4.69, 9.17) is 0 Å². The zero-order valence-corrected chi connectivity index (χ0v) is 11.6. The van der Waals surface area contributed by atoms with Crippen molar-refractivity contribution in [1.82, 2.24) is 14.7 Å². The van der Waals surface area contributed by atoms with Gasteiger partial charge in [0.15, 0.2) is 0 Å². The highest BCUT2D eigenvalue weighted by Crippen LogP contribution is 2.21. The van der Waals surface area contributed by atoms with E-state index in [1.165, 1.54) is 12.4 Å². The van der Waals surface area contributed by atoms with Crippen molar-refractivity contribution in [2.24, 2.45) is 0 Å². The van der Waals surface area contributed by atoms with Gasteiger partial charge in [-0.25, -0.2) is 18.1 Å². The summed E-state index contributed by atoms with van der Waals surface area (Å²) in [6.45, 7) is 1.55. The number of hydrogen-bond acceptors (Lipinski definition) is 5. The summed E-state index contributed by atoms with van der Waals surface area (Å²) in [4.78, 5) is 15.8. The fourth-order valence-electron chi connectivity index (χ4n) is 1.67. The van der Waals surface area contributed by atoms with Gasteiger partial charge in [-0.15, -0.1) is 0 Å². The molecule has 0 aliphatic rings. The molecule has 112 valence electrons. The van der Waals surface area contributed by atoms with E-state index in [0.29, 0.717) is 11.9 Å². The van der Waals surface area contributed by atoms with Crippen molar-refractivity contribution in [2.75, 3.05) is 0 Å². The second-order valence-corrected chi connectivity index (χ2v) is 5.90. The molecule has 0 saturated carbocycles. The molecule has 2 aromatic rings. The van der Waals surface area contributed by atoms with Crippen LogP contribution in [0.1, 0.15) is 18.8 Å². The smallest absolute Gasteiger partial charge is 0.304 e. The number of nitro benzene ring substituents is 1. The number of sulfonamides is 1. The van der Waals surface area contributed by atoms with E-state index in [1.54, 1.807) is 6.92 Å². The minimum atomic E-state index is -4.02. The van der Waals surface area contributed by atoms with Gasteiger partial charge in [-0.3, -0.25) is 10.1 Å². The van der Waals surface area contributed by atoms with Crippen LogP contribution in [0.2, 0.25) is 0 Å². The van der Waals surface area contributed by atoms with Gasteiger partial charge in [-0.1, -0.05) is 0 Å². The Bertz CT molecular complexity index is 761. The van der Waals surface area contributed by atoms with E-state index >= 15 is 0 Å². The lowest BCUT2D eigenvalue weighted by Crippen LogP contribution is -2.27. The van der Waals surface area contributed by atoms with Gasteiger partial charge in [-0.2, -0.15) is 4.39 Å². The average molecular weight is 314 g/mol. The molecule has 2 rings (SSSR count). The number of nitro groups is 1. The first-order valence-corrected chi connectivity index (χ1v) is 7.25. The lowest BCUT2D eigenvalue weighted by molar-refractivity contribution is -0.387. The SMILES string of the molecule is CC(NS(=O)(=O)c1ccc([N+](=O)[O-])c(F)c1)c1ncc[nH]1. The number of hydrogen-bond donors (Lipinski definition) is 2. The molecule has 0 bridgehead atoms. The third kappa shape index (κ3) is 3.23. The van der Waals surface area contributed by atoms with Crippen LogP contribution in [-0.2, 0) is 10.0 Å². The van der Waals surface area contributed by atoms with Crippen molar-refractivity contribution in [3.05, 3.63) is 52.3 Å². The van der Waals surface area contributed by atoms with Crippen molar-refractivity contribution in [1.29, 1.82) is 0 Å². The molecule has 2 N–H and O–H groups in total. The number of aromatic amines is 1. The second-order valence-electron chi connectivity index (χ2n) is 4.19. The molecule has 0 saturated heterocycles. The molecule has 10 heteroatoms. The first-order valence-electron chi connectivity index (χ1n) is 5.77. The predicted octanol–water partition coefficient (Wildman–Crippen LogP) is 1.50. The van der Waals surface area contributed by atoms with Gasteiger partial charge >= 0.3 is 5.69 Å². The summed E-state index contributed by atoms with van der Waals surface area (Å²) < 4.78 is 39.9. The summed E-state index contributed by atoms with van der Waals surface area (Å²) in [6.07, 6.45) is 3.00. The summed E-state index contributed by atoms with van der Waals surface area (Å²) in [6, 6.07) is 1.72. The summed E-state index contributed by atoms with van der Waals surface area (Å²) >= 11 is 0. The normalized spacial score (nSPS) is 13.0. The van der Waals surface area contributed by atoms with Crippen molar-refractivity contribution >= 4 is 15.7 Å². The van der Waals surface area contributed by atoms with Crippen LogP contribution >= 0.6 is 0 Å². The van der Waals surface area contributed by atoms with Crippen molar-refractivity contribution in [2.45, 2.75) is 17.9 Å². The van der Waals surface area contributed by atoms with Crippen LogP contribution in [0.25, 0.3) is 0 Å². The second kappa shape index (κ2) is 5.58. The predicted molar refractivity (Wildman–Crippen MR) is 70.4 cm³/mol. The van der Waals surface area contributed by atoms with Crippen molar-refractivity contribution < 1.29 is 17.7 Å². The molecule has 0 fully saturated rings. The third-order valence-electron chi connectivity index (χ3n) is 2.69. The summed E-state index contributed by atoms with van der Waals surface area (Å²) in [5, 5.41) is 10.5. The van der Waals surface area contributed by atoms with E-state index in [-0.39, 0.29) is 0 Å². The standard InChI is InChI=1S/C11H11FN4O4S/c1-7(11-13-4-5-14-11)15-21(19,20)8-2-3-10(16(17)18)9(12)6-8/h2-7,15H,1H3,(H,13,14). The van der Waals surface area contributed by atoms with Gasteiger partial charge in [0.05, 0.1) is 15.9 Å². The Morgan fingerprint density at radius 2 is 2.19 bits per heavy atom. The van der Waals surface area contributed by atoms with Gasteiger partial charge < -0.3 is 4.98 Å². The maximum absolute atomic E-state index is 13.5. The van der Waals surface area contributed by atoms with Crippen LogP contribution < -0.4 is 4.72 Å². The number of nitrogens with one attached hydrogen (secondary N) is 2. The number of nitrogens with zero attached hydrogens (tertiary/aromatic N) is 2. The summed E-state index contributed by atoms with van der Waals surface area (Å²) in [7, 11) is -4.02. The molecular formula is C11H11FN4O4S. The zero-order valence-electron chi connectivity index (χ0n) is 10.8. The fraction of sp³-hybridized carbons (Fsp3) is 0.182. The Kier molecular flexibility index (Phi) is 4.00. The number of benzene rings is 1. The highest BCUT2D eigenvalue weighted by Gasteiger charge is 2.23. The molecule has 1 atom stereocenters. The topological polar surface area (TPSA) is 118 Å². The molecule has 8 nitrogen and oxygen atoms in total. The Labute approximate surface area is 119 Å². The molecule has 0 radical (unpaired) electrons. The summed E-state index contributed by atoms with van der Waals surface area (Å²) in [5.74, 6) is -0.825. The largest absolute Gasteiger partial charge is 0.347 e. The monoisotopic (exact) mass is 314 g/mol. The maximum Gasteiger partial charge on any atom is 0.304 e. The molecular weight excluding hydrogens is 303 g/mol. The molecule has 21 heavy (non-hydrogen) atoms. The van der Waals surface area contributed by atoms with Crippen LogP contribution in [0.5, 0.6) is 0 Å². The molecule has 1 aromatic heterocycles. The molecule has 0 spiro atoms. The molecule has 1 aromatic carbocycles. The number of halogens is 1. The van der Waals surface area contributed by atoms with Crippen LogP contribution in [0.3, 0.4) is 0 Å². The molecule has 0 aliphatic heterocycles. The Hall–Kier alpha value is -2.33. The quantitative estimate of drug-likeness (QED) is 0.640. The number of aromatic nitrogens is 2. The lowest BCUT2D eigenvalue weighted by atomic mass is 10.3. The molecule has 1 heterocycles. The van der Waals surface area contributed by atoms with Gasteiger partial charge in [0.25, 0.3) is 0 Å². The van der Waals surface area contributed by atoms with Gasteiger partial charge in [0.2, 0.25) is 15.8 Å². The highest BCUT2D eigenvalue weighted by atomic mass is 32.2. The maximum atomic E-state index is 13.5. The lowest BCUT2D eigenvalue weighted by Gasteiger charge is -2.12. The van der Waals surface area contributed by atoms with E-state index < -0.39 is 37.4 Å². The Morgan fingerprint density at radius 1 is 1.48 bits per heavy atom. The average Bonchev–Trinajstić information content (AvgIpc) is 2.91. The summed E-state index contributed by atoms with van der Waals surface area (Å²) in [5.41, 5.74) is -0.784. The van der Waals surface area contributed by atoms with Crippen LogP contribution in [-0.4, -0.2) is 23.3 Å². The van der Waals surface area contributed by atoms with E-state index in [9.17, 15) is 22.9 Å². The third-order valence-corrected chi connectivity index (χ3v) is 4.23. The van der Waals surface area contributed by atoms with E-state index in [2.05, 4.69) is 14.7 Å². The van der Waals surface area contributed by atoms with Gasteiger partial charge in [-0.05, 0) is 13.0 Å². The number of H-pyrrole nitrogens is 1. The van der Waals surface area contributed by atoms with Crippen molar-refractivity contribution in [3.63, 3.8) is 0 Å². The molecule has 0 amide bonds. The molecule has 0 aliphatic carbocycles. The Balaban J connectivity index is 2.28. The number of imidazole rings is 1. The minimum Gasteiger partial charge on any atom is -0.347 e. The zero-order chi connectivity index (χ0) is 15.6. The van der Waals surface area contributed by atoms with Gasteiger partial charge in [0, 0.05) is 24.5 Å². The van der Waals surface area contributed by atoms with E-state index in [0.717, 1.165) is 12.1 Å². The fourth-order valence-corrected chi connectivity index (χ4v) is 2.89. The first-order chi connectivity index (χ1) is 9.81. The first kappa shape index (κ1) is 15.1. The number of rotatable bonds is 5.